The molecule has 0 atom stereocenters. The number of hydrogen-bond donors (Lipinski definition) is 0. The van der Waals surface area contributed by atoms with Crippen LogP contribution in [-0.4, -0.2) is 11.2 Å². The van der Waals surface area contributed by atoms with Crippen molar-refractivity contribution in [3.05, 3.63) is 189 Å². The highest BCUT2D eigenvalue weighted by molar-refractivity contribution is 9.11. The standard InChI is InChI=1S/C29H30BrN.C21H26BrN.C8H6/c1-2-3-4-5-6-8-12-22-17-19-24(20-18-22)28-21-26(23-13-9-7-10-14-23)25-15-11-16-27(30)29(25)31-28;1-2-3-4-5-6-7-10-18-13-15-19(16-14-18)17-23-21-12-9-8-11-20(21)22;1-2-8-6-4-3-5-7-8/h7,9-11,13-21H,2-6,8,12H2,1H3;8-9,11-17H,2-7,10H2,1H3;1,3-7H. The molecule has 0 aliphatic carbocycles. The Kier molecular flexibility index (Phi) is 21.5. The molecule has 0 saturated heterocycles. The normalized spacial score (nSPS) is 10.8. The van der Waals surface area contributed by atoms with E-state index in [9.17, 15) is 0 Å². The average molecular weight is 947 g/mol. The minimum absolute atomic E-state index is 0.938. The molecule has 7 rings (SSSR count). The van der Waals surface area contributed by atoms with Gasteiger partial charge in [0.1, 0.15) is 0 Å². The first-order valence-electron chi connectivity index (χ1n) is 22.6. The molecule has 1 heterocycles. The van der Waals surface area contributed by atoms with Crippen LogP contribution in [0.5, 0.6) is 0 Å². The molecular weight excluding hydrogens is 884 g/mol. The third-order valence-corrected chi connectivity index (χ3v) is 12.2. The molecule has 0 bridgehead atoms. The zero-order valence-electron chi connectivity index (χ0n) is 36.7. The van der Waals surface area contributed by atoms with E-state index >= 15 is 0 Å². The summed E-state index contributed by atoms with van der Waals surface area (Å²) < 4.78 is 2.06. The van der Waals surface area contributed by atoms with Crippen molar-refractivity contribution in [1.29, 1.82) is 0 Å². The van der Waals surface area contributed by atoms with Crippen molar-refractivity contribution in [2.75, 3.05) is 0 Å². The second-order valence-electron chi connectivity index (χ2n) is 15.8. The van der Waals surface area contributed by atoms with E-state index in [1.54, 1.807) is 0 Å². The summed E-state index contributed by atoms with van der Waals surface area (Å²) in [5.41, 5.74) is 11.5. The molecule has 0 radical (unpaired) electrons. The zero-order chi connectivity index (χ0) is 43.6. The van der Waals surface area contributed by atoms with E-state index in [1.165, 1.54) is 123 Å². The van der Waals surface area contributed by atoms with E-state index in [4.69, 9.17) is 11.4 Å². The van der Waals surface area contributed by atoms with Crippen LogP contribution in [0.2, 0.25) is 0 Å². The molecule has 0 spiro atoms. The van der Waals surface area contributed by atoms with Crippen LogP contribution in [0.4, 0.5) is 5.69 Å². The van der Waals surface area contributed by atoms with Crippen LogP contribution in [-0.2, 0) is 12.8 Å². The van der Waals surface area contributed by atoms with Crippen molar-refractivity contribution < 1.29 is 0 Å². The number of fused-ring (bicyclic) bond motifs is 1. The number of para-hydroxylation sites is 2. The van der Waals surface area contributed by atoms with Crippen molar-refractivity contribution >= 4 is 54.7 Å². The van der Waals surface area contributed by atoms with Crippen molar-refractivity contribution in [2.45, 2.75) is 104 Å². The SMILES string of the molecule is C#Cc1ccccc1.CCCCCCCCc1ccc(-c2cc(-c3ccccc3)c3cccc(Br)c3n2)cc1.CCCCCCCCc1ccc(C=Nc2ccccc2Br)cc1. The van der Waals surface area contributed by atoms with Gasteiger partial charge in [-0.3, -0.25) is 4.99 Å². The predicted molar refractivity (Wildman–Crippen MR) is 277 cm³/mol. The number of rotatable bonds is 18. The number of hydrogen-bond acceptors (Lipinski definition) is 2. The first kappa shape index (κ1) is 48.0. The van der Waals surface area contributed by atoms with Gasteiger partial charge in [0.25, 0.3) is 0 Å². The number of terminal acetylenes is 1. The largest absolute Gasteiger partial charge is 0.255 e. The van der Waals surface area contributed by atoms with Gasteiger partial charge < -0.3 is 0 Å². The van der Waals surface area contributed by atoms with Gasteiger partial charge in [0.15, 0.2) is 0 Å². The number of aromatic nitrogens is 1. The molecular formula is C58H62Br2N2. The Morgan fingerprint density at radius 2 is 1.06 bits per heavy atom. The fourth-order valence-corrected chi connectivity index (χ4v) is 8.13. The minimum atomic E-state index is 0.938. The Morgan fingerprint density at radius 3 is 1.65 bits per heavy atom. The van der Waals surface area contributed by atoms with Gasteiger partial charge in [0, 0.05) is 31.7 Å². The monoisotopic (exact) mass is 944 g/mol. The Bertz CT molecular complexity index is 2400. The van der Waals surface area contributed by atoms with Crippen LogP contribution in [0.1, 0.15) is 113 Å². The fraction of sp³-hybridized carbons (Fsp3) is 0.276. The van der Waals surface area contributed by atoms with Gasteiger partial charge in [0.2, 0.25) is 0 Å². The van der Waals surface area contributed by atoms with Gasteiger partial charge in [-0.25, -0.2) is 4.98 Å². The molecule has 318 valence electrons. The Labute approximate surface area is 389 Å². The molecule has 0 fully saturated rings. The molecule has 0 aliphatic rings. The molecule has 4 heteroatoms. The lowest BCUT2D eigenvalue weighted by Crippen LogP contribution is -1.92. The quantitative estimate of drug-likeness (QED) is 0.0478. The highest BCUT2D eigenvalue weighted by Gasteiger charge is 2.12. The Morgan fingerprint density at radius 1 is 0.532 bits per heavy atom. The molecule has 7 aromatic rings. The second kappa shape index (κ2) is 27.8. The van der Waals surface area contributed by atoms with Crippen molar-refractivity contribution in [3.63, 3.8) is 0 Å². The van der Waals surface area contributed by atoms with E-state index < -0.39 is 0 Å². The second-order valence-corrected chi connectivity index (χ2v) is 17.5. The highest BCUT2D eigenvalue weighted by atomic mass is 79.9. The smallest absolute Gasteiger partial charge is 0.0857 e. The number of aliphatic imine (C=N–C) groups is 1. The number of halogens is 2. The minimum Gasteiger partial charge on any atom is -0.255 e. The summed E-state index contributed by atoms with van der Waals surface area (Å²) in [5.74, 6) is 2.53. The summed E-state index contributed by atoms with van der Waals surface area (Å²) in [5, 5.41) is 1.17. The number of nitrogens with zero attached hydrogens (tertiary/aromatic N) is 2. The lowest BCUT2D eigenvalue weighted by molar-refractivity contribution is 0.607. The third kappa shape index (κ3) is 16.3. The van der Waals surface area contributed by atoms with Crippen LogP contribution < -0.4 is 0 Å². The van der Waals surface area contributed by atoms with Gasteiger partial charge in [-0.1, -0.05) is 205 Å². The van der Waals surface area contributed by atoms with E-state index in [0.29, 0.717) is 0 Å². The van der Waals surface area contributed by atoms with Crippen LogP contribution >= 0.6 is 31.9 Å². The first-order chi connectivity index (χ1) is 30.5. The van der Waals surface area contributed by atoms with Gasteiger partial charge in [-0.2, -0.15) is 0 Å². The lowest BCUT2D eigenvalue weighted by Gasteiger charge is -2.12. The van der Waals surface area contributed by atoms with Crippen LogP contribution in [0, 0.1) is 12.3 Å². The fourth-order valence-electron chi connectivity index (χ4n) is 7.28. The van der Waals surface area contributed by atoms with Crippen LogP contribution in [0.15, 0.2) is 172 Å². The lowest BCUT2D eigenvalue weighted by atomic mass is 9.97. The van der Waals surface area contributed by atoms with E-state index in [0.717, 1.165) is 37.0 Å². The van der Waals surface area contributed by atoms with Crippen LogP contribution in [0.3, 0.4) is 0 Å². The number of aryl methyl sites for hydroxylation is 2. The maximum absolute atomic E-state index is 5.10. The van der Waals surface area contributed by atoms with Gasteiger partial charge in [0.05, 0.1) is 16.9 Å². The molecule has 0 unspecified atom stereocenters. The van der Waals surface area contributed by atoms with Gasteiger partial charge >= 0.3 is 0 Å². The topological polar surface area (TPSA) is 25.2 Å². The van der Waals surface area contributed by atoms with Crippen molar-refractivity contribution in [1.82, 2.24) is 4.98 Å². The molecule has 1 aromatic heterocycles. The summed E-state index contributed by atoms with van der Waals surface area (Å²) >= 11 is 7.23. The average Bonchev–Trinajstić information content (AvgIpc) is 3.32. The number of benzene rings is 6. The van der Waals surface area contributed by atoms with Crippen LogP contribution in [0.25, 0.3) is 33.3 Å². The molecule has 0 N–H and O–H groups in total. The van der Waals surface area contributed by atoms with Crippen molar-refractivity contribution in [3.8, 4) is 34.7 Å². The molecule has 62 heavy (non-hydrogen) atoms. The zero-order valence-corrected chi connectivity index (χ0v) is 39.9. The summed E-state index contributed by atoms with van der Waals surface area (Å²) in [7, 11) is 0. The Hall–Kier alpha value is -5.08. The molecule has 0 amide bonds. The molecule has 2 nitrogen and oxygen atoms in total. The van der Waals surface area contributed by atoms with E-state index in [2.05, 4.69) is 160 Å². The van der Waals surface area contributed by atoms with E-state index in [1.807, 2.05) is 60.8 Å². The summed E-state index contributed by atoms with van der Waals surface area (Å²) in [4.78, 5) is 9.56. The van der Waals surface area contributed by atoms with Gasteiger partial charge in [-0.05, 0) is 122 Å². The summed E-state index contributed by atoms with van der Waals surface area (Å²) in [6, 6.07) is 54.5. The maximum atomic E-state index is 5.10. The molecule has 0 saturated carbocycles. The first-order valence-corrected chi connectivity index (χ1v) is 24.2. The predicted octanol–water partition coefficient (Wildman–Crippen LogP) is 18.0. The third-order valence-electron chi connectivity index (χ3n) is 10.9. The number of unbranched alkanes of at least 4 members (excludes halogenated alkanes) is 10. The highest BCUT2D eigenvalue weighted by Crippen LogP contribution is 2.35. The number of pyridine rings is 1. The summed E-state index contributed by atoms with van der Waals surface area (Å²) in [6.45, 7) is 4.54. The van der Waals surface area contributed by atoms with Gasteiger partial charge in [-0.15, -0.1) is 6.42 Å². The van der Waals surface area contributed by atoms with E-state index in [-0.39, 0.29) is 0 Å². The Balaban J connectivity index is 0.000000205. The summed E-state index contributed by atoms with van der Waals surface area (Å²) in [6.07, 6.45) is 25.5. The van der Waals surface area contributed by atoms with Crippen molar-refractivity contribution in [2.24, 2.45) is 4.99 Å². The molecule has 6 aromatic carbocycles. The molecule has 0 aliphatic heterocycles. The maximum Gasteiger partial charge on any atom is 0.0857 e.